The van der Waals surface area contributed by atoms with Gasteiger partial charge in [-0.25, -0.2) is 0 Å². The lowest BCUT2D eigenvalue weighted by atomic mass is 10.1. The Bertz CT molecular complexity index is 477. The SMILES string of the molecule is CC(=O)N1CCOC[C@](O)(COc2cccc(C)c2)C1. The number of amides is 1. The molecule has 1 saturated heterocycles. The van der Waals surface area contributed by atoms with Gasteiger partial charge in [0, 0.05) is 13.5 Å². The van der Waals surface area contributed by atoms with Gasteiger partial charge in [-0.15, -0.1) is 0 Å². The van der Waals surface area contributed by atoms with Gasteiger partial charge in [-0.3, -0.25) is 4.79 Å². The standard InChI is InChI=1S/C15H21NO4/c1-12-4-3-5-14(8-12)20-11-15(18)9-16(13(2)17)6-7-19-10-15/h3-5,8,18H,6-7,9-11H2,1-2H3/t15-/m0/s1. The first-order valence-electron chi connectivity index (χ1n) is 6.74. The van der Waals surface area contributed by atoms with E-state index in [4.69, 9.17) is 9.47 Å². The summed E-state index contributed by atoms with van der Waals surface area (Å²) in [4.78, 5) is 13.1. The first-order valence-corrected chi connectivity index (χ1v) is 6.74. The molecule has 1 aliphatic heterocycles. The lowest BCUT2D eigenvalue weighted by Gasteiger charge is -2.30. The van der Waals surface area contributed by atoms with E-state index in [2.05, 4.69) is 0 Å². The van der Waals surface area contributed by atoms with Crippen LogP contribution >= 0.6 is 0 Å². The van der Waals surface area contributed by atoms with Gasteiger partial charge in [0.1, 0.15) is 18.0 Å². The molecule has 0 aliphatic carbocycles. The van der Waals surface area contributed by atoms with E-state index in [0.717, 1.165) is 5.56 Å². The van der Waals surface area contributed by atoms with Gasteiger partial charge in [-0.05, 0) is 24.6 Å². The molecule has 110 valence electrons. The second-order valence-corrected chi connectivity index (χ2v) is 5.32. The molecule has 20 heavy (non-hydrogen) atoms. The maximum atomic E-state index is 11.5. The highest BCUT2D eigenvalue weighted by molar-refractivity contribution is 5.73. The monoisotopic (exact) mass is 279 g/mol. The largest absolute Gasteiger partial charge is 0.490 e. The average Bonchev–Trinajstić information content (AvgIpc) is 2.59. The Morgan fingerprint density at radius 1 is 1.55 bits per heavy atom. The van der Waals surface area contributed by atoms with Gasteiger partial charge in [-0.1, -0.05) is 12.1 Å². The number of hydrogen-bond donors (Lipinski definition) is 1. The lowest BCUT2D eigenvalue weighted by molar-refractivity contribution is -0.132. The fourth-order valence-electron chi connectivity index (χ4n) is 2.20. The summed E-state index contributed by atoms with van der Waals surface area (Å²) in [5.74, 6) is 0.640. The predicted octanol–water partition coefficient (Wildman–Crippen LogP) is 0.984. The van der Waals surface area contributed by atoms with Crippen molar-refractivity contribution in [1.29, 1.82) is 0 Å². The summed E-state index contributed by atoms with van der Waals surface area (Å²) in [6.07, 6.45) is 0. The van der Waals surface area contributed by atoms with E-state index in [1.165, 1.54) is 6.92 Å². The van der Waals surface area contributed by atoms with Gasteiger partial charge in [0.15, 0.2) is 0 Å². The summed E-state index contributed by atoms with van der Waals surface area (Å²) in [6.45, 7) is 4.91. The van der Waals surface area contributed by atoms with Crippen molar-refractivity contribution in [2.45, 2.75) is 19.4 Å². The summed E-state index contributed by atoms with van der Waals surface area (Å²) in [5, 5.41) is 10.6. The maximum absolute atomic E-state index is 11.5. The summed E-state index contributed by atoms with van der Waals surface area (Å²) < 4.78 is 11.0. The van der Waals surface area contributed by atoms with E-state index in [1.807, 2.05) is 31.2 Å². The smallest absolute Gasteiger partial charge is 0.219 e. The normalized spacial score (nSPS) is 23.2. The molecule has 2 rings (SSSR count). The number of carbonyl (C=O) groups is 1. The van der Waals surface area contributed by atoms with E-state index in [9.17, 15) is 9.90 Å². The quantitative estimate of drug-likeness (QED) is 0.896. The number of hydrogen-bond acceptors (Lipinski definition) is 4. The van der Waals surface area contributed by atoms with Crippen LogP contribution in [0.4, 0.5) is 0 Å². The third-order valence-corrected chi connectivity index (χ3v) is 3.30. The first kappa shape index (κ1) is 14.8. The van der Waals surface area contributed by atoms with Gasteiger partial charge in [0.05, 0.1) is 19.8 Å². The Morgan fingerprint density at radius 3 is 3.05 bits per heavy atom. The molecule has 1 aliphatic rings. The van der Waals surface area contributed by atoms with E-state index < -0.39 is 5.60 Å². The fraction of sp³-hybridized carbons (Fsp3) is 0.533. The molecule has 0 spiro atoms. The fourth-order valence-corrected chi connectivity index (χ4v) is 2.20. The Hall–Kier alpha value is -1.59. The van der Waals surface area contributed by atoms with Crippen molar-refractivity contribution in [3.8, 4) is 5.75 Å². The molecule has 1 N–H and O–H groups in total. The van der Waals surface area contributed by atoms with E-state index in [-0.39, 0.29) is 25.7 Å². The van der Waals surface area contributed by atoms with Crippen molar-refractivity contribution in [3.63, 3.8) is 0 Å². The van der Waals surface area contributed by atoms with Crippen molar-refractivity contribution in [2.24, 2.45) is 0 Å². The molecule has 1 amide bonds. The number of rotatable bonds is 3. The zero-order chi connectivity index (χ0) is 14.6. The molecule has 0 unspecified atom stereocenters. The summed E-state index contributed by atoms with van der Waals surface area (Å²) in [6, 6.07) is 7.63. The zero-order valence-corrected chi connectivity index (χ0v) is 12.0. The molecule has 1 heterocycles. The van der Waals surface area contributed by atoms with Crippen LogP contribution in [0.5, 0.6) is 5.75 Å². The third kappa shape index (κ3) is 3.95. The highest BCUT2D eigenvalue weighted by Crippen LogP contribution is 2.17. The van der Waals surface area contributed by atoms with Crippen LogP contribution in [0.15, 0.2) is 24.3 Å². The average molecular weight is 279 g/mol. The number of β-amino-alcohol motifs (C(OH)–C–C–N with tert-alkyl or cyclic N) is 1. The van der Waals surface area contributed by atoms with E-state index in [0.29, 0.717) is 18.9 Å². The van der Waals surface area contributed by atoms with Gasteiger partial charge in [-0.2, -0.15) is 0 Å². The molecule has 1 aromatic rings. The Morgan fingerprint density at radius 2 is 2.35 bits per heavy atom. The molecule has 0 radical (unpaired) electrons. The van der Waals surface area contributed by atoms with Crippen LogP contribution < -0.4 is 4.74 Å². The number of carbonyl (C=O) groups excluding carboxylic acids is 1. The molecule has 5 nitrogen and oxygen atoms in total. The molecule has 0 bridgehead atoms. The molecular weight excluding hydrogens is 258 g/mol. The topological polar surface area (TPSA) is 59.0 Å². The van der Waals surface area contributed by atoms with Crippen molar-refractivity contribution >= 4 is 5.91 Å². The van der Waals surface area contributed by atoms with Gasteiger partial charge >= 0.3 is 0 Å². The highest BCUT2D eigenvalue weighted by atomic mass is 16.5. The third-order valence-electron chi connectivity index (χ3n) is 3.30. The zero-order valence-electron chi connectivity index (χ0n) is 12.0. The summed E-state index contributed by atoms with van der Waals surface area (Å²) in [7, 11) is 0. The lowest BCUT2D eigenvalue weighted by Crippen LogP contribution is -2.49. The van der Waals surface area contributed by atoms with Crippen molar-refractivity contribution in [1.82, 2.24) is 4.90 Å². The Balaban J connectivity index is 2.00. The van der Waals surface area contributed by atoms with Crippen molar-refractivity contribution < 1.29 is 19.4 Å². The van der Waals surface area contributed by atoms with Gasteiger partial charge in [0.2, 0.25) is 5.91 Å². The van der Waals surface area contributed by atoms with Crippen LogP contribution in [0.1, 0.15) is 12.5 Å². The molecule has 1 fully saturated rings. The van der Waals surface area contributed by atoms with E-state index >= 15 is 0 Å². The number of benzene rings is 1. The second-order valence-electron chi connectivity index (χ2n) is 5.32. The number of ether oxygens (including phenoxy) is 2. The van der Waals surface area contributed by atoms with Crippen LogP contribution in [-0.4, -0.2) is 54.4 Å². The van der Waals surface area contributed by atoms with Crippen LogP contribution in [0.2, 0.25) is 0 Å². The van der Waals surface area contributed by atoms with Crippen LogP contribution in [0.3, 0.4) is 0 Å². The molecule has 1 aromatic carbocycles. The Kier molecular flexibility index (Phi) is 4.62. The minimum atomic E-state index is -1.17. The number of aryl methyl sites for hydroxylation is 1. The highest BCUT2D eigenvalue weighted by Gasteiger charge is 2.34. The molecule has 0 saturated carbocycles. The minimum absolute atomic E-state index is 0.0653. The molecular formula is C15H21NO4. The number of nitrogens with zero attached hydrogens (tertiary/aromatic N) is 1. The van der Waals surface area contributed by atoms with E-state index in [1.54, 1.807) is 4.90 Å². The molecule has 0 aromatic heterocycles. The maximum Gasteiger partial charge on any atom is 0.219 e. The van der Waals surface area contributed by atoms with Gasteiger partial charge in [0.25, 0.3) is 0 Å². The molecule has 1 atom stereocenters. The van der Waals surface area contributed by atoms with Gasteiger partial charge < -0.3 is 19.5 Å². The van der Waals surface area contributed by atoms with Crippen LogP contribution in [0, 0.1) is 6.92 Å². The predicted molar refractivity (Wildman–Crippen MR) is 74.7 cm³/mol. The number of aliphatic hydroxyl groups is 1. The van der Waals surface area contributed by atoms with Crippen molar-refractivity contribution in [3.05, 3.63) is 29.8 Å². The first-order chi connectivity index (χ1) is 9.48. The second kappa shape index (κ2) is 6.24. The molecule has 5 heteroatoms. The minimum Gasteiger partial charge on any atom is -0.490 e. The van der Waals surface area contributed by atoms with Crippen molar-refractivity contribution in [2.75, 3.05) is 32.9 Å². The summed E-state index contributed by atoms with van der Waals surface area (Å²) in [5.41, 5.74) is -0.0803. The van der Waals surface area contributed by atoms with Crippen LogP contribution in [-0.2, 0) is 9.53 Å². The van der Waals surface area contributed by atoms with Crippen LogP contribution in [0.25, 0.3) is 0 Å². The Labute approximate surface area is 119 Å². The summed E-state index contributed by atoms with van der Waals surface area (Å²) >= 11 is 0.